The topological polar surface area (TPSA) is 151 Å². The number of H-pyrrole nitrogens is 1. The Labute approximate surface area is 167 Å². The van der Waals surface area contributed by atoms with Crippen molar-refractivity contribution in [2.24, 2.45) is 5.41 Å². The first-order valence-electron chi connectivity index (χ1n) is 9.22. The van der Waals surface area contributed by atoms with Gasteiger partial charge in [-0.25, -0.2) is 0 Å². The van der Waals surface area contributed by atoms with Crippen molar-refractivity contribution in [1.29, 1.82) is 0 Å². The van der Waals surface area contributed by atoms with Crippen LogP contribution in [-0.4, -0.2) is 90.3 Å². The number of ketones is 1. The highest BCUT2D eigenvalue weighted by molar-refractivity contribution is 5.98. The Morgan fingerprint density at radius 1 is 1.52 bits per heavy atom. The van der Waals surface area contributed by atoms with Gasteiger partial charge in [-0.05, 0) is 18.9 Å². The van der Waals surface area contributed by atoms with Crippen molar-refractivity contribution in [2.45, 2.75) is 25.9 Å². The van der Waals surface area contributed by atoms with Crippen molar-refractivity contribution >= 4 is 24.1 Å². The van der Waals surface area contributed by atoms with Gasteiger partial charge in [-0.3, -0.25) is 24.3 Å². The molecule has 2 fully saturated rings. The maximum Gasteiger partial charge on any atom is 0.290 e. The molecular weight excluding hydrogens is 384 g/mol. The average Bonchev–Trinajstić information content (AvgIpc) is 3.35. The van der Waals surface area contributed by atoms with Crippen LogP contribution < -0.4 is 5.32 Å². The van der Waals surface area contributed by atoms with E-state index in [0.717, 1.165) is 0 Å². The molecule has 1 aromatic heterocycles. The number of fused-ring (bicyclic) bond motifs is 1. The van der Waals surface area contributed by atoms with E-state index in [1.807, 2.05) is 0 Å². The molecule has 0 saturated carbocycles. The van der Waals surface area contributed by atoms with Crippen LogP contribution in [0.25, 0.3) is 0 Å². The molecular formula is C18H26N4O7. The third-order valence-corrected chi connectivity index (χ3v) is 5.12. The fraction of sp³-hybridized carbons (Fsp3) is 0.611. The van der Waals surface area contributed by atoms with E-state index in [1.165, 1.54) is 13.0 Å². The number of hydrogen-bond acceptors (Lipinski definition) is 7. The van der Waals surface area contributed by atoms with E-state index in [0.29, 0.717) is 39.1 Å². The second-order valence-electron chi connectivity index (χ2n) is 6.86. The van der Waals surface area contributed by atoms with E-state index in [9.17, 15) is 14.4 Å². The minimum Gasteiger partial charge on any atom is -0.483 e. The van der Waals surface area contributed by atoms with Gasteiger partial charge >= 0.3 is 0 Å². The van der Waals surface area contributed by atoms with E-state index >= 15 is 0 Å². The number of nitrogens with zero attached hydrogens (tertiary/aromatic N) is 2. The van der Waals surface area contributed by atoms with Gasteiger partial charge in [-0.15, -0.1) is 0 Å². The zero-order valence-electron chi connectivity index (χ0n) is 16.5. The molecule has 160 valence electrons. The van der Waals surface area contributed by atoms with Gasteiger partial charge in [0.25, 0.3) is 12.4 Å². The Morgan fingerprint density at radius 2 is 2.24 bits per heavy atom. The lowest BCUT2D eigenvalue weighted by Gasteiger charge is -2.42. The van der Waals surface area contributed by atoms with Gasteiger partial charge in [0.2, 0.25) is 5.91 Å². The molecule has 1 aromatic rings. The van der Waals surface area contributed by atoms with Crippen molar-refractivity contribution in [3.05, 3.63) is 17.5 Å². The third-order valence-electron chi connectivity index (χ3n) is 5.12. The van der Waals surface area contributed by atoms with Crippen LogP contribution in [-0.2, 0) is 19.1 Å². The van der Waals surface area contributed by atoms with Crippen LogP contribution in [0.3, 0.4) is 0 Å². The normalized spacial score (nSPS) is 22.8. The molecule has 0 aromatic carbocycles. The first-order valence-corrected chi connectivity index (χ1v) is 9.22. The van der Waals surface area contributed by atoms with E-state index < -0.39 is 5.41 Å². The van der Waals surface area contributed by atoms with Gasteiger partial charge in [0.15, 0.2) is 5.78 Å². The van der Waals surface area contributed by atoms with E-state index in [1.54, 1.807) is 12.0 Å². The van der Waals surface area contributed by atoms with Crippen molar-refractivity contribution in [2.75, 3.05) is 40.0 Å². The quantitative estimate of drug-likeness (QED) is 0.328. The summed E-state index contributed by atoms with van der Waals surface area (Å²) >= 11 is 0. The smallest absolute Gasteiger partial charge is 0.290 e. The van der Waals surface area contributed by atoms with Crippen LogP contribution in [0.5, 0.6) is 0 Å². The highest BCUT2D eigenvalue weighted by Gasteiger charge is 2.54. The average molecular weight is 410 g/mol. The predicted molar refractivity (Wildman–Crippen MR) is 99.5 cm³/mol. The summed E-state index contributed by atoms with van der Waals surface area (Å²) in [4.78, 5) is 47.0. The summed E-state index contributed by atoms with van der Waals surface area (Å²) < 4.78 is 10.7. The molecule has 0 bridgehead atoms. The minimum absolute atomic E-state index is 0.108. The van der Waals surface area contributed by atoms with Gasteiger partial charge in [-0.1, -0.05) is 0 Å². The Morgan fingerprint density at radius 3 is 2.86 bits per heavy atom. The zero-order valence-corrected chi connectivity index (χ0v) is 16.5. The number of carbonyl (C=O) groups is 4. The molecule has 0 aliphatic carbocycles. The summed E-state index contributed by atoms with van der Waals surface area (Å²) in [6, 6.07) is 1.45. The lowest BCUT2D eigenvalue weighted by Crippen LogP contribution is -2.58. The Bertz CT molecular complexity index is 750. The van der Waals surface area contributed by atoms with Gasteiger partial charge in [0.1, 0.15) is 11.4 Å². The summed E-state index contributed by atoms with van der Waals surface area (Å²) in [5, 5.41) is 16.3. The standard InChI is InChI=1S/C17H24N4O5.CH2O2/c1-11(22)12-9-13(20-19-12)15(23)21-6-3-14-17(10-21,4-7-26-14)16(24)18-5-8-25-2;2-1-3/h9,14H,3-8,10H2,1-2H3,(H,18,24)(H,19,20);1H,(H,2,3)/t14-,17-;/m1./s1. The van der Waals surface area contributed by atoms with Gasteiger partial charge in [0.05, 0.1) is 18.1 Å². The predicted octanol–water partition coefficient (Wildman–Crippen LogP) is -0.303. The van der Waals surface area contributed by atoms with Crippen LogP contribution in [0.2, 0.25) is 0 Å². The van der Waals surface area contributed by atoms with E-state index in [2.05, 4.69) is 15.5 Å². The number of likely N-dealkylation sites (tertiary alicyclic amines) is 1. The van der Waals surface area contributed by atoms with Crippen molar-refractivity contribution in [3.8, 4) is 0 Å². The molecule has 0 spiro atoms. The molecule has 11 heteroatoms. The molecule has 11 nitrogen and oxygen atoms in total. The van der Waals surface area contributed by atoms with Gasteiger partial charge in [0, 0.05) is 40.3 Å². The number of hydrogen-bond donors (Lipinski definition) is 3. The Hall–Kier alpha value is -2.79. The third kappa shape index (κ3) is 4.98. The molecule has 2 aliphatic rings. The number of carbonyl (C=O) groups excluding carboxylic acids is 3. The molecule has 0 unspecified atom stereocenters. The fourth-order valence-corrected chi connectivity index (χ4v) is 3.67. The highest BCUT2D eigenvalue weighted by Crippen LogP contribution is 2.41. The number of piperidine rings is 1. The molecule has 3 rings (SSSR count). The van der Waals surface area contributed by atoms with Crippen LogP contribution in [0.4, 0.5) is 0 Å². The van der Waals surface area contributed by atoms with Crippen LogP contribution >= 0.6 is 0 Å². The lowest BCUT2D eigenvalue weighted by atomic mass is 9.75. The van der Waals surface area contributed by atoms with Crippen LogP contribution in [0.15, 0.2) is 6.07 Å². The lowest BCUT2D eigenvalue weighted by molar-refractivity contribution is -0.138. The maximum absolute atomic E-state index is 12.8. The minimum atomic E-state index is -0.745. The number of aromatic amines is 1. The number of rotatable bonds is 6. The summed E-state index contributed by atoms with van der Waals surface area (Å²) in [6.45, 7) is 3.26. The second-order valence-corrected chi connectivity index (χ2v) is 6.86. The number of amides is 2. The van der Waals surface area contributed by atoms with Crippen molar-refractivity contribution in [3.63, 3.8) is 0 Å². The summed E-state index contributed by atoms with van der Waals surface area (Å²) in [7, 11) is 1.58. The monoisotopic (exact) mass is 410 g/mol. The molecule has 3 heterocycles. The SMILES string of the molecule is COCCNC(=O)[C@@]12CCO[C@@H]1CCN(C(=O)c1cc(C(C)=O)n[nH]1)C2.O=CO. The highest BCUT2D eigenvalue weighted by atomic mass is 16.5. The number of carboxylic acid groups (broad SMARTS) is 1. The number of aromatic nitrogens is 2. The Kier molecular flexibility index (Phi) is 7.85. The number of Topliss-reactive ketones (excluding diaryl/α,β-unsaturated/α-hetero) is 1. The molecule has 3 N–H and O–H groups in total. The van der Waals surface area contributed by atoms with Crippen molar-refractivity contribution in [1.82, 2.24) is 20.4 Å². The number of ether oxygens (including phenoxy) is 2. The zero-order chi connectivity index (χ0) is 21.4. The Balaban J connectivity index is 0.000000941. The van der Waals surface area contributed by atoms with Gasteiger partial charge < -0.3 is 24.8 Å². The second kappa shape index (κ2) is 10.1. The fourth-order valence-electron chi connectivity index (χ4n) is 3.67. The molecule has 2 saturated heterocycles. The molecule has 2 amide bonds. The molecule has 0 radical (unpaired) electrons. The van der Waals surface area contributed by atoms with Crippen LogP contribution in [0.1, 0.15) is 40.7 Å². The molecule has 2 aliphatic heterocycles. The molecule has 29 heavy (non-hydrogen) atoms. The first-order chi connectivity index (χ1) is 13.9. The summed E-state index contributed by atoms with van der Waals surface area (Å²) in [6.07, 6.45) is 0.975. The maximum atomic E-state index is 12.8. The van der Waals surface area contributed by atoms with Crippen molar-refractivity contribution < 1.29 is 33.8 Å². The summed E-state index contributed by atoms with van der Waals surface area (Å²) in [5.41, 5.74) is -0.271. The molecule has 2 atom stereocenters. The number of nitrogens with one attached hydrogen (secondary N) is 2. The van der Waals surface area contributed by atoms with Crippen LogP contribution in [0, 0.1) is 5.41 Å². The first kappa shape index (κ1) is 22.5. The largest absolute Gasteiger partial charge is 0.483 e. The number of methoxy groups -OCH3 is 1. The van der Waals surface area contributed by atoms with E-state index in [4.69, 9.17) is 19.4 Å². The van der Waals surface area contributed by atoms with Gasteiger partial charge in [-0.2, -0.15) is 5.10 Å². The summed E-state index contributed by atoms with van der Waals surface area (Å²) in [5.74, 6) is -0.583. The van der Waals surface area contributed by atoms with E-state index in [-0.39, 0.29) is 48.1 Å².